The lowest BCUT2D eigenvalue weighted by molar-refractivity contribution is -0.138. The van der Waals surface area contributed by atoms with Gasteiger partial charge in [0.15, 0.2) is 0 Å². The highest BCUT2D eigenvalue weighted by Gasteiger charge is 2.33. The monoisotopic (exact) mass is 381 g/mol. The van der Waals surface area contributed by atoms with Crippen LogP contribution in [0.25, 0.3) is 0 Å². The predicted molar refractivity (Wildman–Crippen MR) is 92.5 cm³/mol. The van der Waals surface area contributed by atoms with E-state index in [1.54, 1.807) is 12.1 Å². The zero-order valence-corrected chi connectivity index (χ0v) is 14.5. The second-order valence-electron chi connectivity index (χ2n) is 5.13. The van der Waals surface area contributed by atoms with E-state index in [1.165, 1.54) is 0 Å². The van der Waals surface area contributed by atoms with Gasteiger partial charge in [0, 0.05) is 34.1 Å². The molecule has 0 unspecified atom stereocenters. The molecule has 2 atom stereocenters. The molecule has 1 amide bonds. The molecule has 1 aliphatic rings. The highest BCUT2D eigenvalue weighted by Crippen LogP contribution is 2.39. The number of rotatable bonds is 5. The molecular formula is C14H18Cl3N3O3. The first-order valence-electron chi connectivity index (χ1n) is 6.90. The molecular weight excluding hydrogens is 365 g/mol. The largest absolute Gasteiger partial charge is 0.480 e. The molecule has 6 nitrogen and oxygen atoms in total. The number of nitrogens with one attached hydrogen (secondary N) is 2. The highest BCUT2D eigenvalue weighted by atomic mass is 35.5. The number of halogens is 3. The van der Waals surface area contributed by atoms with E-state index >= 15 is 0 Å². The van der Waals surface area contributed by atoms with Crippen LogP contribution in [0.15, 0.2) is 12.1 Å². The van der Waals surface area contributed by atoms with Crippen LogP contribution in [0.3, 0.4) is 0 Å². The number of aliphatic carboxylic acids is 1. The molecule has 23 heavy (non-hydrogen) atoms. The number of carboxylic acid groups (broad SMARTS) is 1. The van der Waals surface area contributed by atoms with E-state index < -0.39 is 18.1 Å². The van der Waals surface area contributed by atoms with Gasteiger partial charge in [-0.2, -0.15) is 0 Å². The fourth-order valence-corrected chi connectivity index (χ4v) is 3.11. The van der Waals surface area contributed by atoms with Crippen LogP contribution in [-0.4, -0.2) is 29.6 Å². The van der Waals surface area contributed by atoms with Crippen molar-refractivity contribution < 1.29 is 14.7 Å². The number of carbonyl (C=O) groups is 2. The summed E-state index contributed by atoms with van der Waals surface area (Å²) in [5, 5.41) is 15.7. The van der Waals surface area contributed by atoms with Crippen LogP contribution in [0.5, 0.6) is 0 Å². The Morgan fingerprint density at radius 2 is 2.09 bits per heavy atom. The normalized spacial score (nSPS) is 19.1. The van der Waals surface area contributed by atoms with Gasteiger partial charge in [0.1, 0.15) is 6.04 Å². The molecule has 0 saturated heterocycles. The Balaban J connectivity index is 0.00000264. The Bertz CT molecular complexity index is 598. The molecule has 5 N–H and O–H groups in total. The Labute approximate surface area is 150 Å². The van der Waals surface area contributed by atoms with Crippen LogP contribution < -0.4 is 16.4 Å². The van der Waals surface area contributed by atoms with E-state index in [9.17, 15) is 14.7 Å². The highest BCUT2D eigenvalue weighted by molar-refractivity contribution is 6.35. The molecule has 1 aromatic carbocycles. The van der Waals surface area contributed by atoms with Gasteiger partial charge in [0.25, 0.3) is 0 Å². The molecule has 0 bridgehead atoms. The van der Waals surface area contributed by atoms with E-state index in [-0.39, 0.29) is 24.7 Å². The second-order valence-corrected chi connectivity index (χ2v) is 5.98. The zero-order valence-electron chi connectivity index (χ0n) is 12.1. The van der Waals surface area contributed by atoms with E-state index in [1.807, 2.05) is 0 Å². The number of hydrogen-bond donors (Lipinski definition) is 4. The topological polar surface area (TPSA) is 104 Å². The zero-order chi connectivity index (χ0) is 16.3. The van der Waals surface area contributed by atoms with Crippen molar-refractivity contribution in [1.82, 2.24) is 5.32 Å². The lowest BCUT2D eigenvalue weighted by Crippen LogP contribution is -2.41. The molecule has 1 aliphatic heterocycles. The van der Waals surface area contributed by atoms with Crippen molar-refractivity contribution in [3.05, 3.63) is 27.7 Å². The number of benzene rings is 1. The molecule has 0 spiro atoms. The van der Waals surface area contributed by atoms with Gasteiger partial charge in [-0.3, -0.25) is 4.79 Å². The van der Waals surface area contributed by atoms with Gasteiger partial charge < -0.3 is 21.5 Å². The van der Waals surface area contributed by atoms with Gasteiger partial charge in [-0.15, -0.1) is 12.4 Å². The number of carboxylic acids is 1. The first kappa shape index (κ1) is 19.8. The minimum atomic E-state index is -0.997. The minimum absolute atomic E-state index is 0. The Morgan fingerprint density at radius 3 is 2.70 bits per heavy atom. The Morgan fingerprint density at radius 1 is 1.39 bits per heavy atom. The molecule has 1 aromatic rings. The van der Waals surface area contributed by atoms with E-state index in [4.69, 9.17) is 28.9 Å². The summed E-state index contributed by atoms with van der Waals surface area (Å²) in [6.45, 7) is 0.421. The number of fused-ring (bicyclic) bond motifs is 1. The summed E-state index contributed by atoms with van der Waals surface area (Å²) < 4.78 is 0. The maximum absolute atomic E-state index is 11.9. The maximum Gasteiger partial charge on any atom is 0.326 e. The lowest BCUT2D eigenvalue weighted by Gasteiger charge is -2.32. The van der Waals surface area contributed by atoms with Crippen molar-refractivity contribution in [2.45, 2.75) is 31.3 Å². The maximum atomic E-state index is 11.9. The standard InChI is InChI=1S/C14H17Cl2N3O3.ClH/c15-7-4-8(16)13-9(5-7)18-11(14(21)22)6-10(13)19-12(20)2-1-3-17;/h4-5,10-11,18H,1-3,6,17H2,(H,19,20)(H,21,22);1H/t10-,11+;/m1./s1. The van der Waals surface area contributed by atoms with Crippen LogP contribution in [-0.2, 0) is 9.59 Å². The molecule has 2 rings (SSSR count). The molecule has 0 aromatic heterocycles. The Hall–Kier alpha value is -1.21. The van der Waals surface area contributed by atoms with Crippen molar-refractivity contribution in [3.8, 4) is 0 Å². The summed E-state index contributed by atoms with van der Waals surface area (Å²) in [6, 6.07) is 1.88. The molecule has 0 aliphatic carbocycles. The van der Waals surface area contributed by atoms with E-state index in [0.29, 0.717) is 40.7 Å². The Kier molecular flexibility index (Phi) is 7.41. The van der Waals surface area contributed by atoms with Crippen molar-refractivity contribution in [3.63, 3.8) is 0 Å². The van der Waals surface area contributed by atoms with Gasteiger partial charge in [-0.25, -0.2) is 4.79 Å². The van der Waals surface area contributed by atoms with Crippen molar-refractivity contribution in [2.75, 3.05) is 11.9 Å². The summed E-state index contributed by atoms with van der Waals surface area (Å²) >= 11 is 12.2. The molecule has 0 fully saturated rings. The van der Waals surface area contributed by atoms with E-state index in [2.05, 4.69) is 10.6 Å². The summed E-state index contributed by atoms with van der Waals surface area (Å²) in [4.78, 5) is 23.2. The average Bonchev–Trinajstić information content (AvgIpc) is 2.43. The van der Waals surface area contributed by atoms with Gasteiger partial charge in [0.05, 0.1) is 6.04 Å². The van der Waals surface area contributed by atoms with E-state index in [0.717, 1.165) is 0 Å². The minimum Gasteiger partial charge on any atom is -0.480 e. The van der Waals surface area contributed by atoms with Gasteiger partial charge >= 0.3 is 5.97 Å². The quantitative estimate of drug-likeness (QED) is 0.626. The fourth-order valence-electron chi connectivity index (χ4n) is 2.48. The second kappa shape index (κ2) is 8.59. The van der Waals surface area contributed by atoms with Crippen LogP contribution in [0.4, 0.5) is 5.69 Å². The van der Waals surface area contributed by atoms with Crippen LogP contribution in [0, 0.1) is 0 Å². The lowest BCUT2D eigenvalue weighted by atomic mass is 9.92. The number of carbonyl (C=O) groups excluding carboxylic acids is 1. The van der Waals surface area contributed by atoms with Crippen molar-refractivity contribution in [1.29, 1.82) is 0 Å². The molecule has 128 valence electrons. The number of hydrogen-bond acceptors (Lipinski definition) is 4. The van der Waals surface area contributed by atoms with Crippen molar-refractivity contribution in [2.24, 2.45) is 5.73 Å². The molecule has 9 heteroatoms. The average molecular weight is 383 g/mol. The molecule has 0 radical (unpaired) electrons. The van der Waals surface area contributed by atoms with Gasteiger partial charge in [-0.05, 0) is 25.1 Å². The number of amides is 1. The SMILES string of the molecule is Cl.NCCCC(=O)N[C@@H]1C[C@@H](C(=O)O)Nc2cc(Cl)cc(Cl)c21. The number of nitrogens with two attached hydrogens (primary N) is 1. The first-order valence-corrected chi connectivity index (χ1v) is 7.65. The van der Waals surface area contributed by atoms with Gasteiger partial charge in [-0.1, -0.05) is 23.2 Å². The summed E-state index contributed by atoms with van der Waals surface area (Å²) in [7, 11) is 0. The van der Waals surface area contributed by atoms with Crippen LogP contribution >= 0.6 is 35.6 Å². The molecule has 1 heterocycles. The third-order valence-electron chi connectivity index (χ3n) is 3.49. The first-order chi connectivity index (χ1) is 10.4. The summed E-state index contributed by atoms with van der Waals surface area (Å²) in [5.74, 6) is -1.18. The number of anilines is 1. The van der Waals surface area contributed by atoms with Gasteiger partial charge in [0.2, 0.25) is 5.91 Å². The van der Waals surface area contributed by atoms with Crippen LogP contribution in [0.1, 0.15) is 30.9 Å². The fraction of sp³-hybridized carbons (Fsp3) is 0.429. The third-order valence-corrected chi connectivity index (χ3v) is 4.02. The van der Waals surface area contributed by atoms with Crippen LogP contribution in [0.2, 0.25) is 10.0 Å². The molecule has 0 saturated carbocycles. The smallest absolute Gasteiger partial charge is 0.326 e. The predicted octanol–water partition coefficient (Wildman–Crippen LogP) is 2.58. The summed E-state index contributed by atoms with van der Waals surface area (Å²) in [6.07, 6.45) is 1.07. The summed E-state index contributed by atoms with van der Waals surface area (Å²) in [5.41, 5.74) is 6.57. The third kappa shape index (κ3) is 4.88. The van der Waals surface area contributed by atoms with Crippen molar-refractivity contribution >= 4 is 53.2 Å².